The van der Waals surface area contributed by atoms with Gasteiger partial charge >= 0.3 is 0 Å². The van der Waals surface area contributed by atoms with Crippen molar-refractivity contribution in [3.8, 4) is 10.4 Å². The average molecular weight is 368 g/mol. The highest BCUT2D eigenvalue weighted by Gasteiger charge is 2.46. The number of thiophene rings is 1. The maximum atomic E-state index is 13.1. The zero-order valence-corrected chi connectivity index (χ0v) is 15.3. The first-order chi connectivity index (χ1) is 12.7. The van der Waals surface area contributed by atoms with Crippen molar-refractivity contribution >= 4 is 23.0 Å². The number of nitrogens with one attached hydrogen (secondary N) is 1. The highest BCUT2D eigenvalue weighted by Crippen LogP contribution is 2.52. The highest BCUT2D eigenvalue weighted by atomic mass is 32.1. The van der Waals surface area contributed by atoms with Gasteiger partial charge < -0.3 is 0 Å². The van der Waals surface area contributed by atoms with Gasteiger partial charge in [0, 0.05) is 10.6 Å². The highest BCUT2D eigenvalue weighted by molar-refractivity contribution is 7.17. The topological polar surface area (TPSA) is 41.5 Å². The quantitative estimate of drug-likeness (QED) is 0.753. The number of hydrogen-bond donors (Lipinski definition) is 1. The number of carbonyl (C=O) groups is 1. The minimum atomic E-state index is -0.255. The zero-order valence-electron chi connectivity index (χ0n) is 14.5. The van der Waals surface area contributed by atoms with Gasteiger partial charge in [-0.3, -0.25) is 4.79 Å². The fraction of sp³-hybridized carbons (Fsp3) is 0.429. The van der Waals surface area contributed by atoms with Crippen LogP contribution in [0.1, 0.15) is 41.8 Å². The van der Waals surface area contributed by atoms with Crippen molar-refractivity contribution in [1.82, 2.24) is 5.43 Å². The first-order valence-electron chi connectivity index (χ1n) is 9.39. The molecule has 0 atom stereocenters. The normalized spacial score (nSPS) is 29.0. The molecule has 4 aliphatic rings. The van der Waals surface area contributed by atoms with Crippen LogP contribution in [0.2, 0.25) is 0 Å². The molecule has 3 nitrogen and oxygen atoms in total. The molecule has 5 heteroatoms. The van der Waals surface area contributed by atoms with Gasteiger partial charge in [-0.1, -0.05) is 12.1 Å². The van der Waals surface area contributed by atoms with E-state index in [1.807, 2.05) is 12.1 Å². The van der Waals surface area contributed by atoms with Crippen LogP contribution >= 0.6 is 11.3 Å². The number of benzene rings is 1. The third kappa shape index (κ3) is 2.88. The summed E-state index contributed by atoms with van der Waals surface area (Å²) in [6.07, 6.45) is 6.45. The van der Waals surface area contributed by atoms with Gasteiger partial charge in [0.25, 0.3) is 5.91 Å². The summed E-state index contributed by atoms with van der Waals surface area (Å²) in [5.41, 5.74) is 4.96. The second-order valence-corrected chi connectivity index (χ2v) is 9.04. The van der Waals surface area contributed by atoms with E-state index in [1.165, 1.54) is 61.3 Å². The van der Waals surface area contributed by atoms with Crippen LogP contribution in [0.15, 0.2) is 41.5 Å². The predicted molar refractivity (Wildman–Crippen MR) is 102 cm³/mol. The molecule has 2 aromatic rings. The molecule has 1 aromatic carbocycles. The monoisotopic (exact) mass is 368 g/mol. The van der Waals surface area contributed by atoms with Crippen LogP contribution in [-0.4, -0.2) is 11.6 Å². The van der Waals surface area contributed by atoms with Crippen molar-refractivity contribution in [2.24, 2.45) is 28.8 Å². The summed E-state index contributed by atoms with van der Waals surface area (Å²) in [5.74, 6) is 2.55. The minimum Gasteiger partial charge on any atom is -0.266 e. The molecule has 1 N–H and O–H groups in total. The fourth-order valence-corrected chi connectivity index (χ4v) is 6.15. The lowest BCUT2D eigenvalue weighted by Crippen LogP contribution is -2.46. The summed E-state index contributed by atoms with van der Waals surface area (Å²) >= 11 is 1.41. The maximum absolute atomic E-state index is 13.1. The number of nitrogens with zero attached hydrogens (tertiary/aromatic N) is 1. The first kappa shape index (κ1) is 16.2. The molecule has 0 saturated heterocycles. The predicted octanol–water partition coefficient (Wildman–Crippen LogP) is 5.10. The van der Waals surface area contributed by atoms with Crippen LogP contribution in [-0.2, 0) is 0 Å². The molecule has 134 valence electrons. The Balaban J connectivity index is 1.30. The number of hydrazone groups is 1. The molecular weight excluding hydrogens is 347 g/mol. The van der Waals surface area contributed by atoms with Crippen LogP contribution in [0.3, 0.4) is 0 Å². The second-order valence-electron chi connectivity index (χ2n) is 7.95. The lowest BCUT2D eigenvalue weighted by molar-refractivity contribution is 0.0946. The van der Waals surface area contributed by atoms with E-state index >= 15 is 0 Å². The van der Waals surface area contributed by atoms with Crippen LogP contribution < -0.4 is 5.43 Å². The molecule has 0 spiro atoms. The third-order valence-electron chi connectivity index (χ3n) is 6.22. The van der Waals surface area contributed by atoms with Crippen LogP contribution in [0, 0.1) is 29.5 Å². The molecule has 4 aliphatic carbocycles. The Hall–Kier alpha value is -2.01. The van der Waals surface area contributed by atoms with Gasteiger partial charge in [0.2, 0.25) is 0 Å². The number of rotatable bonds is 3. The summed E-state index contributed by atoms with van der Waals surface area (Å²) in [6.45, 7) is 0. The van der Waals surface area contributed by atoms with Gasteiger partial charge in [-0.05, 0) is 85.6 Å². The molecule has 4 fully saturated rings. The van der Waals surface area contributed by atoms with E-state index in [0.29, 0.717) is 16.7 Å². The Morgan fingerprint density at radius 2 is 1.62 bits per heavy atom. The molecule has 1 aromatic heterocycles. The van der Waals surface area contributed by atoms with Crippen molar-refractivity contribution in [3.05, 3.63) is 47.1 Å². The molecule has 0 aliphatic heterocycles. The number of halogens is 1. The second kappa shape index (κ2) is 6.31. The molecule has 4 saturated carbocycles. The Morgan fingerprint density at radius 1 is 0.962 bits per heavy atom. The van der Waals surface area contributed by atoms with Crippen LogP contribution in [0.5, 0.6) is 0 Å². The summed E-state index contributed by atoms with van der Waals surface area (Å²) in [7, 11) is 0. The molecule has 26 heavy (non-hydrogen) atoms. The van der Waals surface area contributed by atoms with Crippen LogP contribution in [0.25, 0.3) is 10.4 Å². The number of amides is 1. The first-order valence-corrected chi connectivity index (χ1v) is 10.2. The van der Waals surface area contributed by atoms with Crippen molar-refractivity contribution in [2.45, 2.75) is 32.1 Å². The summed E-state index contributed by atoms with van der Waals surface area (Å²) in [6, 6.07) is 10.1. The van der Waals surface area contributed by atoms with Gasteiger partial charge in [0.1, 0.15) is 5.82 Å². The Kier molecular flexibility index (Phi) is 3.92. The van der Waals surface area contributed by atoms with Gasteiger partial charge in [0.15, 0.2) is 0 Å². The molecule has 6 rings (SSSR count). The van der Waals surface area contributed by atoms with Crippen LogP contribution in [0.4, 0.5) is 4.39 Å². The summed E-state index contributed by atoms with van der Waals surface area (Å²) in [5, 5.41) is 4.57. The Morgan fingerprint density at radius 3 is 2.27 bits per heavy atom. The molecule has 4 bridgehead atoms. The summed E-state index contributed by atoms with van der Waals surface area (Å²) in [4.78, 5) is 14.1. The van der Waals surface area contributed by atoms with Gasteiger partial charge in [-0.2, -0.15) is 5.10 Å². The van der Waals surface area contributed by atoms with Crippen molar-refractivity contribution in [2.75, 3.05) is 0 Å². The zero-order chi connectivity index (χ0) is 17.7. The third-order valence-corrected chi connectivity index (χ3v) is 7.35. The van der Waals surface area contributed by atoms with Crippen molar-refractivity contribution < 1.29 is 9.18 Å². The molecular formula is C21H21FN2OS. The standard InChI is InChI=1S/C21H21FN2OS/c22-17-3-1-14(2-4-17)18-5-6-19(26-18)21(25)24-23-20-15-8-12-7-13(10-15)11-16(20)9-12/h1-6,12-13,15-16H,7-11H2,(H,24,25). The van der Waals surface area contributed by atoms with E-state index in [-0.39, 0.29) is 11.7 Å². The maximum Gasteiger partial charge on any atom is 0.281 e. The van der Waals surface area contributed by atoms with E-state index in [4.69, 9.17) is 0 Å². The minimum absolute atomic E-state index is 0.148. The lowest BCUT2D eigenvalue weighted by Gasteiger charge is -2.50. The summed E-state index contributed by atoms with van der Waals surface area (Å²) < 4.78 is 13.1. The van der Waals surface area contributed by atoms with Crippen molar-refractivity contribution in [1.29, 1.82) is 0 Å². The largest absolute Gasteiger partial charge is 0.281 e. The lowest BCUT2D eigenvalue weighted by atomic mass is 9.55. The Bertz CT molecular complexity index is 840. The number of carbonyl (C=O) groups excluding carboxylic acids is 1. The Labute approximate surface area is 156 Å². The van der Waals surface area contributed by atoms with Gasteiger partial charge in [-0.15, -0.1) is 11.3 Å². The molecule has 0 radical (unpaired) electrons. The van der Waals surface area contributed by atoms with E-state index in [9.17, 15) is 9.18 Å². The van der Waals surface area contributed by atoms with Gasteiger partial charge in [-0.25, -0.2) is 9.82 Å². The SMILES string of the molecule is O=C(NN=C1C2CC3CC(C2)CC1C3)c1ccc(-c2ccc(F)cc2)s1. The molecule has 1 amide bonds. The van der Waals surface area contributed by atoms with E-state index in [2.05, 4.69) is 10.5 Å². The molecule has 0 unspecified atom stereocenters. The van der Waals surface area contributed by atoms with E-state index < -0.39 is 0 Å². The smallest absolute Gasteiger partial charge is 0.266 e. The fourth-order valence-electron chi connectivity index (χ4n) is 5.25. The average Bonchev–Trinajstić information content (AvgIpc) is 3.11. The van der Waals surface area contributed by atoms with Crippen molar-refractivity contribution in [3.63, 3.8) is 0 Å². The van der Waals surface area contributed by atoms with E-state index in [1.54, 1.807) is 12.1 Å². The van der Waals surface area contributed by atoms with E-state index in [0.717, 1.165) is 22.3 Å². The van der Waals surface area contributed by atoms with Gasteiger partial charge in [0.05, 0.1) is 4.88 Å². The molecule has 1 heterocycles. The number of hydrogen-bond acceptors (Lipinski definition) is 3.